The van der Waals surface area contributed by atoms with Gasteiger partial charge in [0, 0.05) is 39.3 Å². The average Bonchev–Trinajstić information content (AvgIpc) is 2.40. The largest absolute Gasteiger partial charge is 0.349 e. The van der Waals surface area contributed by atoms with Crippen LogP contribution in [0.1, 0.15) is 5.56 Å². The second kappa shape index (κ2) is 4.05. The van der Waals surface area contributed by atoms with Gasteiger partial charge in [0.1, 0.15) is 0 Å². The van der Waals surface area contributed by atoms with Gasteiger partial charge in [-0.1, -0.05) is 12.1 Å². The molecular weight excluding hydrogens is 314 g/mol. The van der Waals surface area contributed by atoms with Crippen molar-refractivity contribution in [1.82, 2.24) is 4.57 Å². The molecule has 0 saturated heterocycles. The zero-order valence-electron chi connectivity index (χ0n) is 8.44. The van der Waals surface area contributed by atoms with Gasteiger partial charge in [-0.15, -0.1) is 0 Å². The molecule has 0 amide bonds. The summed E-state index contributed by atoms with van der Waals surface area (Å²) in [5, 5.41) is 1.05. The Bertz CT molecular complexity index is 648. The van der Waals surface area contributed by atoms with Gasteiger partial charge in [0.05, 0.1) is 5.75 Å². The minimum atomic E-state index is -3.50. The van der Waals surface area contributed by atoms with Crippen molar-refractivity contribution in [3.8, 4) is 0 Å². The molecule has 0 aliphatic heterocycles. The number of aryl methyl sites for hydroxylation is 1. The van der Waals surface area contributed by atoms with Gasteiger partial charge in [-0.25, -0.2) is 8.42 Å². The van der Waals surface area contributed by atoms with Crippen LogP contribution < -0.4 is 0 Å². The van der Waals surface area contributed by atoms with Crippen molar-refractivity contribution in [2.24, 2.45) is 7.05 Å². The smallest absolute Gasteiger partial charge is 0.236 e. The molecule has 0 radical (unpaired) electrons. The highest BCUT2D eigenvalue weighted by Gasteiger charge is 2.10. The fraction of sp³-hybridized carbons (Fsp3) is 0.200. The lowest BCUT2D eigenvalue weighted by molar-refractivity contribution is 0.609. The second-order valence-corrected chi connectivity index (χ2v) is 7.25. The molecule has 1 aromatic heterocycles. The molecule has 1 aromatic carbocycles. The van der Waals surface area contributed by atoms with Crippen molar-refractivity contribution in [3.63, 3.8) is 0 Å². The Morgan fingerprint density at radius 3 is 2.75 bits per heavy atom. The Balaban J connectivity index is 2.56. The fourth-order valence-corrected chi connectivity index (χ4v) is 3.27. The number of halogens is 2. The van der Waals surface area contributed by atoms with E-state index < -0.39 is 9.05 Å². The second-order valence-electron chi connectivity index (χ2n) is 3.62. The molecule has 86 valence electrons. The predicted molar refractivity (Wildman–Crippen MR) is 69.1 cm³/mol. The Labute approximate surface area is 107 Å². The monoisotopic (exact) mass is 321 g/mol. The molecule has 1 heterocycles. The van der Waals surface area contributed by atoms with Crippen LogP contribution in [0, 0.1) is 0 Å². The highest BCUT2D eigenvalue weighted by atomic mass is 79.9. The van der Waals surface area contributed by atoms with Crippen LogP contribution in [-0.2, 0) is 21.9 Å². The zero-order chi connectivity index (χ0) is 11.9. The van der Waals surface area contributed by atoms with Crippen LogP contribution in [0.15, 0.2) is 28.9 Å². The summed E-state index contributed by atoms with van der Waals surface area (Å²) < 4.78 is 24.9. The van der Waals surface area contributed by atoms with Crippen LogP contribution in [0.3, 0.4) is 0 Å². The van der Waals surface area contributed by atoms with Crippen molar-refractivity contribution in [2.75, 3.05) is 0 Å². The third-order valence-corrected chi connectivity index (χ3v) is 3.98. The van der Waals surface area contributed by atoms with E-state index in [0.29, 0.717) is 5.56 Å². The van der Waals surface area contributed by atoms with E-state index in [1.165, 1.54) is 0 Å². The van der Waals surface area contributed by atoms with Crippen LogP contribution in [0.4, 0.5) is 0 Å². The first-order chi connectivity index (χ1) is 7.37. The summed E-state index contributed by atoms with van der Waals surface area (Å²) in [6, 6.07) is 5.49. The molecule has 0 fully saturated rings. The van der Waals surface area contributed by atoms with E-state index >= 15 is 0 Å². The lowest BCUT2D eigenvalue weighted by Gasteiger charge is -2.00. The summed E-state index contributed by atoms with van der Waals surface area (Å²) >= 11 is 3.44. The van der Waals surface area contributed by atoms with E-state index in [2.05, 4.69) is 15.9 Å². The van der Waals surface area contributed by atoms with Crippen molar-refractivity contribution >= 4 is 46.6 Å². The number of rotatable bonds is 2. The van der Waals surface area contributed by atoms with Crippen molar-refractivity contribution in [2.45, 2.75) is 5.75 Å². The molecule has 0 unspecified atom stereocenters. The maximum Gasteiger partial charge on any atom is 0.236 e. The Kier molecular flexibility index (Phi) is 3.03. The minimum absolute atomic E-state index is 0.146. The van der Waals surface area contributed by atoms with Gasteiger partial charge in [-0.05, 0) is 27.6 Å². The van der Waals surface area contributed by atoms with Gasteiger partial charge >= 0.3 is 0 Å². The van der Waals surface area contributed by atoms with E-state index in [9.17, 15) is 8.42 Å². The van der Waals surface area contributed by atoms with E-state index in [-0.39, 0.29) is 5.75 Å². The normalized spacial score (nSPS) is 12.2. The fourth-order valence-electron chi connectivity index (χ4n) is 1.67. The third kappa shape index (κ3) is 2.42. The van der Waals surface area contributed by atoms with E-state index in [1.807, 2.05) is 29.9 Å². The Hall–Kier alpha value is -0.520. The summed E-state index contributed by atoms with van der Waals surface area (Å²) in [6.07, 6.45) is 1.93. The number of nitrogens with zero attached hydrogens (tertiary/aromatic N) is 1. The van der Waals surface area contributed by atoms with Crippen molar-refractivity contribution in [1.29, 1.82) is 0 Å². The standard InChI is InChI=1S/C10H9BrClNO2S/c1-13-5-9(11)8-3-2-7(4-10(8)13)6-16(12,14)15/h2-5H,6H2,1H3. The number of benzene rings is 1. The molecule has 0 atom stereocenters. The number of hydrogen-bond acceptors (Lipinski definition) is 2. The molecule has 0 aliphatic rings. The molecule has 3 nitrogen and oxygen atoms in total. The average molecular weight is 323 g/mol. The van der Waals surface area contributed by atoms with Crippen LogP contribution in [0.2, 0.25) is 0 Å². The van der Waals surface area contributed by atoms with Crippen molar-refractivity contribution in [3.05, 3.63) is 34.4 Å². The maximum atomic E-state index is 11.0. The molecule has 0 spiro atoms. The Morgan fingerprint density at radius 1 is 1.44 bits per heavy atom. The molecule has 0 bridgehead atoms. The molecular formula is C10H9BrClNO2S. The SMILES string of the molecule is Cn1cc(Br)c2ccc(CS(=O)(=O)Cl)cc21. The van der Waals surface area contributed by atoms with E-state index in [4.69, 9.17) is 10.7 Å². The van der Waals surface area contributed by atoms with Crippen molar-refractivity contribution < 1.29 is 8.42 Å². The molecule has 16 heavy (non-hydrogen) atoms. The van der Waals surface area contributed by atoms with Crippen LogP contribution in [-0.4, -0.2) is 13.0 Å². The van der Waals surface area contributed by atoms with Gasteiger partial charge in [0.25, 0.3) is 0 Å². The highest BCUT2D eigenvalue weighted by molar-refractivity contribution is 9.10. The molecule has 2 rings (SSSR count). The van der Waals surface area contributed by atoms with Crippen LogP contribution in [0.25, 0.3) is 10.9 Å². The number of fused-ring (bicyclic) bond motifs is 1. The first-order valence-corrected chi connectivity index (χ1v) is 7.80. The first-order valence-electron chi connectivity index (χ1n) is 4.52. The van der Waals surface area contributed by atoms with Gasteiger partial charge in [0.15, 0.2) is 0 Å². The summed E-state index contributed by atoms with van der Waals surface area (Å²) in [4.78, 5) is 0. The number of hydrogen-bond donors (Lipinski definition) is 0. The molecule has 0 N–H and O–H groups in total. The van der Waals surface area contributed by atoms with Crippen LogP contribution >= 0.6 is 26.6 Å². The molecule has 2 aromatic rings. The summed E-state index contributed by atoms with van der Waals surface area (Å²) in [7, 11) is 3.63. The van der Waals surface area contributed by atoms with Gasteiger partial charge < -0.3 is 4.57 Å². The zero-order valence-corrected chi connectivity index (χ0v) is 11.6. The quantitative estimate of drug-likeness (QED) is 0.797. The van der Waals surface area contributed by atoms with Gasteiger partial charge in [-0.2, -0.15) is 0 Å². The van der Waals surface area contributed by atoms with Gasteiger partial charge in [0.2, 0.25) is 9.05 Å². The van der Waals surface area contributed by atoms with E-state index in [0.717, 1.165) is 15.4 Å². The van der Waals surface area contributed by atoms with Gasteiger partial charge in [-0.3, -0.25) is 0 Å². The third-order valence-electron chi connectivity index (χ3n) is 2.35. The predicted octanol–water partition coefficient (Wildman–Crippen LogP) is 3.01. The van der Waals surface area contributed by atoms with Crippen LogP contribution in [0.5, 0.6) is 0 Å². The maximum absolute atomic E-state index is 11.0. The lowest BCUT2D eigenvalue weighted by atomic mass is 10.2. The highest BCUT2D eigenvalue weighted by Crippen LogP contribution is 2.27. The first kappa shape index (κ1) is 12.0. The number of aromatic nitrogens is 1. The summed E-state index contributed by atoms with van der Waals surface area (Å²) in [5.41, 5.74) is 1.67. The molecule has 0 saturated carbocycles. The summed E-state index contributed by atoms with van der Waals surface area (Å²) in [6.45, 7) is 0. The lowest BCUT2D eigenvalue weighted by Crippen LogP contribution is -1.95. The molecule has 6 heteroatoms. The summed E-state index contributed by atoms with van der Waals surface area (Å²) in [5.74, 6) is -0.146. The Morgan fingerprint density at radius 2 is 2.12 bits per heavy atom. The minimum Gasteiger partial charge on any atom is -0.349 e. The van der Waals surface area contributed by atoms with E-state index in [1.54, 1.807) is 6.07 Å². The topological polar surface area (TPSA) is 39.1 Å². The molecule has 0 aliphatic carbocycles.